The molecule has 0 radical (unpaired) electrons. The van der Waals surface area contributed by atoms with Crippen LogP contribution in [0.1, 0.15) is 27.2 Å². The number of nitrogens with zero attached hydrogens (tertiary/aromatic N) is 1. The zero-order chi connectivity index (χ0) is 11.7. The molecule has 0 aliphatic rings. The lowest BCUT2D eigenvalue weighted by Gasteiger charge is -2.09. The fourth-order valence-corrected chi connectivity index (χ4v) is 0.993. The van der Waals surface area contributed by atoms with Crippen LogP contribution in [-0.2, 0) is 0 Å². The van der Waals surface area contributed by atoms with Crippen molar-refractivity contribution in [2.45, 2.75) is 27.2 Å². The van der Waals surface area contributed by atoms with Crippen LogP contribution in [0.4, 0.5) is 0 Å². The van der Waals surface area contributed by atoms with Crippen LogP contribution in [0.5, 0.6) is 0 Å². The predicted octanol–water partition coefficient (Wildman–Crippen LogP) is 2.34. The Morgan fingerprint density at radius 1 is 1.47 bits per heavy atom. The molecule has 0 aliphatic carbocycles. The zero-order valence-corrected chi connectivity index (χ0v) is 9.88. The Morgan fingerprint density at radius 3 is 2.60 bits per heavy atom. The van der Waals surface area contributed by atoms with Crippen molar-refractivity contribution in [2.75, 3.05) is 6.54 Å². The molecule has 0 aromatic carbocycles. The van der Waals surface area contributed by atoms with Gasteiger partial charge >= 0.3 is 0 Å². The standard InChI is InChI=1S/C12H21N3/c1-5-8-9-11(10(4)6-2)15-12(13)14-7-3/h5,8-9H,1,6-7H2,2-4H3,(H3,13,14,15)/b9-8-,11-10+. The molecule has 0 aromatic rings. The van der Waals surface area contributed by atoms with E-state index in [-0.39, 0.29) is 0 Å². The highest BCUT2D eigenvalue weighted by Gasteiger charge is 1.98. The number of allylic oxidation sites excluding steroid dienone is 4. The van der Waals surface area contributed by atoms with Crippen molar-refractivity contribution in [1.82, 2.24) is 5.32 Å². The van der Waals surface area contributed by atoms with Crippen LogP contribution in [0.3, 0.4) is 0 Å². The van der Waals surface area contributed by atoms with Crippen LogP contribution in [0, 0.1) is 0 Å². The minimum atomic E-state index is 0.453. The van der Waals surface area contributed by atoms with Gasteiger partial charge in [0.25, 0.3) is 0 Å². The molecule has 0 saturated carbocycles. The first-order chi connectivity index (χ1) is 7.15. The fraction of sp³-hybridized carbons (Fsp3) is 0.417. The lowest BCUT2D eigenvalue weighted by atomic mass is 10.1. The summed E-state index contributed by atoms with van der Waals surface area (Å²) in [5.41, 5.74) is 7.93. The highest BCUT2D eigenvalue weighted by atomic mass is 15.1. The summed E-state index contributed by atoms with van der Waals surface area (Å²) >= 11 is 0. The number of aliphatic imine (C=N–C) groups is 1. The summed E-state index contributed by atoms with van der Waals surface area (Å²) in [6, 6.07) is 0. The second kappa shape index (κ2) is 7.85. The van der Waals surface area contributed by atoms with Gasteiger partial charge in [-0.3, -0.25) is 4.99 Å². The SMILES string of the molecule is C=C/C=C\C(NC(N)=NCC)=C(\C)CC. The maximum absolute atomic E-state index is 5.69. The monoisotopic (exact) mass is 207 g/mol. The molecule has 0 aliphatic heterocycles. The van der Waals surface area contributed by atoms with Crippen molar-refractivity contribution in [3.05, 3.63) is 36.1 Å². The molecule has 3 nitrogen and oxygen atoms in total. The lowest BCUT2D eigenvalue weighted by molar-refractivity contribution is 0.993. The van der Waals surface area contributed by atoms with Gasteiger partial charge in [0.15, 0.2) is 5.96 Å². The lowest BCUT2D eigenvalue weighted by Crippen LogP contribution is -2.31. The van der Waals surface area contributed by atoms with E-state index in [0.29, 0.717) is 12.5 Å². The van der Waals surface area contributed by atoms with Crippen molar-refractivity contribution in [1.29, 1.82) is 0 Å². The predicted molar refractivity (Wildman–Crippen MR) is 67.6 cm³/mol. The highest BCUT2D eigenvalue weighted by Crippen LogP contribution is 2.06. The third-order valence-electron chi connectivity index (χ3n) is 1.98. The number of guanidine groups is 1. The summed E-state index contributed by atoms with van der Waals surface area (Å²) in [7, 11) is 0. The Labute approximate surface area is 92.5 Å². The molecule has 0 amide bonds. The van der Waals surface area contributed by atoms with Crippen LogP contribution in [0.25, 0.3) is 0 Å². The third kappa shape index (κ3) is 5.73. The first kappa shape index (κ1) is 13.5. The van der Waals surface area contributed by atoms with E-state index in [1.165, 1.54) is 5.57 Å². The van der Waals surface area contributed by atoms with Gasteiger partial charge in [-0.25, -0.2) is 0 Å². The van der Waals surface area contributed by atoms with Gasteiger partial charge in [-0.15, -0.1) is 0 Å². The maximum Gasteiger partial charge on any atom is 0.193 e. The van der Waals surface area contributed by atoms with Gasteiger partial charge < -0.3 is 11.1 Å². The van der Waals surface area contributed by atoms with Crippen LogP contribution < -0.4 is 11.1 Å². The van der Waals surface area contributed by atoms with Gasteiger partial charge in [0.2, 0.25) is 0 Å². The highest BCUT2D eigenvalue weighted by molar-refractivity contribution is 5.80. The van der Waals surface area contributed by atoms with E-state index in [1.54, 1.807) is 6.08 Å². The molecule has 0 saturated heterocycles. The van der Waals surface area contributed by atoms with E-state index in [0.717, 1.165) is 12.1 Å². The summed E-state index contributed by atoms with van der Waals surface area (Å²) in [6.45, 7) is 10.4. The molecule has 3 heteroatoms. The Balaban J connectivity index is 4.74. The maximum atomic E-state index is 5.69. The Kier molecular flexibility index (Phi) is 7.06. The molecule has 84 valence electrons. The number of hydrogen-bond donors (Lipinski definition) is 2. The minimum Gasteiger partial charge on any atom is -0.370 e. The zero-order valence-electron chi connectivity index (χ0n) is 9.88. The normalized spacial score (nSPS) is 13.9. The van der Waals surface area contributed by atoms with Crippen molar-refractivity contribution in [3.63, 3.8) is 0 Å². The molecule has 0 heterocycles. The quantitative estimate of drug-likeness (QED) is 0.413. The van der Waals surface area contributed by atoms with E-state index in [9.17, 15) is 0 Å². The van der Waals surface area contributed by atoms with E-state index >= 15 is 0 Å². The molecule has 0 rings (SSSR count). The Bertz CT molecular complexity index is 285. The molecule has 0 fully saturated rings. The van der Waals surface area contributed by atoms with Gasteiger partial charge in [0, 0.05) is 12.2 Å². The average molecular weight is 207 g/mol. The van der Waals surface area contributed by atoms with Crippen LogP contribution >= 0.6 is 0 Å². The van der Waals surface area contributed by atoms with E-state index < -0.39 is 0 Å². The first-order valence-corrected chi connectivity index (χ1v) is 5.21. The molecular formula is C12H21N3. The number of nitrogens with two attached hydrogens (primary N) is 1. The van der Waals surface area contributed by atoms with E-state index in [4.69, 9.17) is 5.73 Å². The minimum absolute atomic E-state index is 0.453. The average Bonchev–Trinajstić information content (AvgIpc) is 2.23. The topological polar surface area (TPSA) is 50.4 Å². The van der Waals surface area contributed by atoms with Gasteiger partial charge in [-0.05, 0) is 31.9 Å². The van der Waals surface area contributed by atoms with E-state index in [1.807, 2.05) is 19.1 Å². The Hall–Kier alpha value is -1.51. The number of hydrogen-bond acceptors (Lipinski definition) is 1. The molecule has 0 unspecified atom stereocenters. The second-order valence-corrected chi connectivity index (χ2v) is 3.13. The molecule has 0 aromatic heterocycles. The van der Waals surface area contributed by atoms with Gasteiger partial charge in [0.05, 0.1) is 0 Å². The largest absolute Gasteiger partial charge is 0.370 e. The number of nitrogens with one attached hydrogen (secondary N) is 1. The molecular weight excluding hydrogens is 186 g/mol. The van der Waals surface area contributed by atoms with Crippen LogP contribution in [0.2, 0.25) is 0 Å². The summed E-state index contributed by atoms with van der Waals surface area (Å²) < 4.78 is 0. The smallest absolute Gasteiger partial charge is 0.193 e. The summed E-state index contributed by atoms with van der Waals surface area (Å²) in [6.07, 6.45) is 6.53. The summed E-state index contributed by atoms with van der Waals surface area (Å²) in [4.78, 5) is 4.08. The fourth-order valence-electron chi connectivity index (χ4n) is 0.993. The van der Waals surface area contributed by atoms with Gasteiger partial charge in [0.1, 0.15) is 0 Å². The van der Waals surface area contributed by atoms with Crippen molar-refractivity contribution < 1.29 is 0 Å². The van der Waals surface area contributed by atoms with E-state index in [2.05, 4.69) is 30.7 Å². The van der Waals surface area contributed by atoms with Crippen molar-refractivity contribution in [2.24, 2.45) is 10.7 Å². The molecule has 0 bridgehead atoms. The second-order valence-electron chi connectivity index (χ2n) is 3.13. The number of rotatable bonds is 5. The molecule has 15 heavy (non-hydrogen) atoms. The Morgan fingerprint density at radius 2 is 2.13 bits per heavy atom. The van der Waals surface area contributed by atoms with Crippen molar-refractivity contribution >= 4 is 5.96 Å². The van der Waals surface area contributed by atoms with Gasteiger partial charge in [-0.2, -0.15) is 0 Å². The molecule has 0 spiro atoms. The third-order valence-corrected chi connectivity index (χ3v) is 1.98. The van der Waals surface area contributed by atoms with Gasteiger partial charge in [-0.1, -0.05) is 25.7 Å². The summed E-state index contributed by atoms with van der Waals surface area (Å²) in [5, 5.41) is 3.08. The summed E-state index contributed by atoms with van der Waals surface area (Å²) in [5.74, 6) is 0.453. The molecule has 0 atom stereocenters. The van der Waals surface area contributed by atoms with Crippen LogP contribution in [0.15, 0.2) is 41.1 Å². The molecule has 3 N–H and O–H groups in total. The van der Waals surface area contributed by atoms with Crippen molar-refractivity contribution in [3.8, 4) is 0 Å². The first-order valence-electron chi connectivity index (χ1n) is 5.21. The van der Waals surface area contributed by atoms with Crippen LogP contribution in [-0.4, -0.2) is 12.5 Å².